The zero-order valence-corrected chi connectivity index (χ0v) is 6.38. The van der Waals surface area contributed by atoms with Crippen LogP contribution in [0.25, 0.3) is 0 Å². The minimum atomic E-state index is -0.449. The van der Waals surface area contributed by atoms with E-state index in [9.17, 15) is 5.11 Å². The molecule has 3 heteroatoms. The summed E-state index contributed by atoms with van der Waals surface area (Å²) in [6.45, 7) is 4.33. The summed E-state index contributed by atoms with van der Waals surface area (Å²) >= 11 is 0. The van der Waals surface area contributed by atoms with Gasteiger partial charge in [-0.2, -0.15) is 0 Å². The van der Waals surface area contributed by atoms with Gasteiger partial charge in [0.15, 0.2) is 0 Å². The lowest BCUT2D eigenvalue weighted by Crippen LogP contribution is -2.61. The summed E-state index contributed by atoms with van der Waals surface area (Å²) in [5.74, 6) is 0. The fraction of sp³-hybridized carbons (Fsp3) is 1.00. The summed E-state index contributed by atoms with van der Waals surface area (Å²) in [4.78, 5) is 2.05. The van der Waals surface area contributed by atoms with Gasteiger partial charge in [-0.3, -0.25) is 4.90 Å². The molecule has 1 aliphatic heterocycles. The van der Waals surface area contributed by atoms with Gasteiger partial charge in [0, 0.05) is 19.6 Å². The van der Waals surface area contributed by atoms with Gasteiger partial charge in [-0.05, 0) is 6.42 Å². The Kier molecular flexibility index (Phi) is 2.28. The molecule has 1 saturated heterocycles. The van der Waals surface area contributed by atoms with Crippen molar-refractivity contribution in [2.75, 3.05) is 26.2 Å². The number of hydrogen-bond acceptors (Lipinski definition) is 3. The Balaban J connectivity index is 2.16. The van der Waals surface area contributed by atoms with Crippen molar-refractivity contribution >= 4 is 0 Å². The SMILES string of the molecule is CCC1(O)CN(CCO)C1. The molecule has 1 rings (SSSR count). The first-order valence-electron chi connectivity index (χ1n) is 3.76. The number of aliphatic hydroxyl groups excluding tert-OH is 1. The molecule has 0 aromatic rings. The molecule has 0 radical (unpaired) electrons. The molecule has 0 spiro atoms. The maximum absolute atomic E-state index is 9.49. The third kappa shape index (κ3) is 1.48. The quantitative estimate of drug-likeness (QED) is 0.559. The van der Waals surface area contributed by atoms with Gasteiger partial charge >= 0.3 is 0 Å². The Bertz CT molecular complexity index is 110. The van der Waals surface area contributed by atoms with Crippen LogP contribution in [0.2, 0.25) is 0 Å². The first-order valence-corrected chi connectivity index (χ1v) is 3.76. The lowest BCUT2D eigenvalue weighted by atomic mass is 9.91. The van der Waals surface area contributed by atoms with Gasteiger partial charge in [0.1, 0.15) is 0 Å². The van der Waals surface area contributed by atoms with Crippen LogP contribution >= 0.6 is 0 Å². The maximum Gasteiger partial charge on any atom is 0.0897 e. The predicted molar refractivity (Wildman–Crippen MR) is 38.8 cm³/mol. The van der Waals surface area contributed by atoms with Gasteiger partial charge in [0.2, 0.25) is 0 Å². The van der Waals surface area contributed by atoms with Crippen molar-refractivity contribution in [3.05, 3.63) is 0 Å². The third-order valence-corrected chi connectivity index (χ3v) is 2.11. The highest BCUT2D eigenvalue weighted by Crippen LogP contribution is 2.22. The van der Waals surface area contributed by atoms with E-state index in [-0.39, 0.29) is 6.61 Å². The van der Waals surface area contributed by atoms with Crippen LogP contribution in [0, 0.1) is 0 Å². The molecule has 1 fully saturated rings. The van der Waals surface area contributed by atoms with Crippen LogP contribution in [0.5, 0.6) is 0 Å². The highest BCUT2D eigenvalue weighted by molar-refractivity contribution is 4.93. The molecule has 10 heavy (non-hydrogen) atoms. The number of hydrogen-bond donors (Lipinski definition) is 2. The molecule has 1 aliphatic rings. The van der Waals surface area contributed by atoms with Crippen LogP contribution < -0.4 is 0 Å². The minimum Gasteiger partial charge on any atom is -0.395 e. The molecule has 60 valence electrons. The van der Waals surface area contributed by atoms with Crippen molar-refractivity contribution in [1.82, 2.24) is 4.90 Å². The number of rotatable bonds is 3. The molecule has 3 nitrogen and oxygen atoms in total. The molecule has 0 unspecified atom stereocenters. The van der Waals surface area contributed by atoms with E-state index < -0.39 is 5.60 Å². The predicted octanol–water partition coefficient (Wildman–Crippen LogP) is -0.565. The van der Waals surface area contributed by atoms with Crippen molar-refractivity contribution in [2.24, 2.45) is 0 Å². The first kappa shape index (κ1) is 7.98. The number of β-amino-alcohol motifs (C(OH)–C–C–N with tert-alkyl or cyclic N) is 2. The Morgan fingerprint density at radius 1 is 1.50 bits per heavy atom. The van der Waals surface area contributed by atoms with Gasteiger partial charge in [0.05, 0.1) is 12.2 Å². The molecule has 0 atom stereocenters. The van der Waals surface area contributed by atoms with Crippen LogP contribution in [0.15, 0.2) is 0 Å². The van der Waals surface area contributed by atoms with E-state index >= 15 is 0 Å². The van der Waals surface area contributed by atoms with Crippen molar-refractivity contribution in [3.8, 4) is 0 Å². The second-order valence-electron chi connectivity index (χ2n) is 3.01. The zero-order chi connectivity index (χ0) is 7.61. The zero-order valence-electron chi connectivity index (χ0n) is 6.38. The lowest BCUT2D eigenvalue weighted by molar-refractivity contribution is -0.102. The Morgan fingerprint density at radius 3 is 2.50 bits per heavy atom. The van der Waals surface area contributed by atoms with E-state index in [0.29, 0.717) is 6.54 Å². The fourth-order valence-electron chi connectivity index (χ4n) is 1.31. The van der Waals surface area contributed by atoms with Crippen LogP contribution in [-0.2, 0) is 0 Å². The largest absolute Gasteiger partial charge is 0.395 e. The van der Waals surface area contributed by atoms with Gasteiger partial charge in [-0.15, -0.1) is 0 Å². The van der Waals surface area contributed by atoms with E-state index in [4.69, 9.17) is 5.11 Å². The molecule has 2 N–H and O–H groups in total. The van der Waals surface area contributed by atoms with E-state index in [0.717, 1.165) is 19.5 Å². The summed E-state index contributed by atoms with van der Waals surface area (Å²) in [7, 11) is 0. The maximum atomic E-state index is 9.49. The second kappa shape index (κ2) is 2.86. The molecule has 0 saturated carbocycles. The molecule has 0 amide bonds. The van der Waals surface area contributed by atoms with Crippen molar-refractivity contribution in [1.29, 1.82) is 0 Å². The fourth-order valence-corrected chi connectivity index (χ4v) is 1.31. The molecule has 0 aromatic carbocycles. The van der Waals surface area contributed by atoms with E-state index in [2.05, 4.69) is 0 Å². The summed E-state index contributed by atoms with van der Waals surface area (Å²) in [5, 5.41) is 18.0. The molecule has 0 aromatic heterocycles. The number of likely N-dealkylation sites (tertiary alicyclic amines) is 1. The standard InChI is InChI=1S/C7H15NO2/c1-2-7(10)5-8(6-7)3-4-9/h9-10H,2-6H2,1H3. The Hall–Kier alpha value is -0.120. The topological polar surface area (TPSA) is 43.7 Å². The van der Waals surface area contributed by atoms with Crippen LogP contribution in [-0.4, -0.2) is 47.0 Å². The van der Waals surface area contributed by atoms with E-state index in [1.165, 1.54) is 0 Å². The minimum absolute atomic E-state index is 0.194. The molecule has 1 heterocycles. The van der Waals surface area contributed by atoms with E-state index in [1.54, 1.807) is 0 Å². The van der Waals surface area contributed by atoms with Crippen LogP contribution in [0.1, 0.15) is 13.3 Å². The summed E-state index contributed by atoms with van der Waals surface area (Å²) in [6.07, 6.45) is 0.814. The number of nitrogens with zero attached hydrogens (tertiary/aromatic N) is 1. The average molecular weight is 145 g/mol. The normalized spacial score (nSPS) is 24.3. The second-order valence-corrected chi connectivity index (χ2v) is 3.01. The lowest BCUT2D eigenvalue weighted by Gasteiger charge is -2.45. The smallest absolute Gasteiger partial charge is 0.0897 e. The Labute approximate surface area is 61.3 Å². The molecule has 0 bridgehead atoms. The van der Waals surface area contributed by atoms with Gasteiger partial charge in [-0.1, -0.05) is 6.92 Å². The summed E-state index contributed by atoms with van der Waals surface area (Å²) < 4.78 is 0. The van der Waals surface area contributed by atoms with Crippen LogP contribution in [0.4, 0.5) is 0 Å². The van der Waals surface area contributed by atoms with Gasteiger partial charge in [0.25, 0.3) is 0 Å². The molecular weight excluding hydrogens is 130 g/mol. The van der Waals surface area contributed by atoms with Gasteiger partial charge in [-0.25, -0.2) is 0 Å². The highest BCUT2D eigenvalue weighted by atomic mass is 16.3. The monoisotopic (exact) mass is 145 g/mol. The summed E-state index contributed by atoms with van der Waals surface area (Å²) in [6, 6.07) is 0. The molecular formula is C7H15NO2. The van der Waals surface area contributed by atoms with Crippen LogP contribution in [0.3, 0.4) is 0 Å². The van der Waals surface area contributed by atoms with Crippen molar-refractivity contribution < 1.29 is 10.2 Å². The van der Waals surface area contributed by atoms with Crippen molar-refractivity contribution in [3.63, 3.8) is 0 Å². The first-order chi connectivity index (χ1) is 4.70. The Morgan fingerprint density at radius 2 is 2.10 bits per heavy atom. The average Bonchev–Trinajstić information content (AvgIpc) is 1.85. The molecule has 0 aliphatic carbocycles. The van der Waals surface area contributed by atoms with Crippen molar-refractivity contribution in [2.45, 2.75) is 18.9 Å². The van der Waals surface area contributed by atoms with E-state index in [1.807, 2.05) is 11.8 Å². The third-order valence-electron chi connectivity index (χ3n) is 2.11. The van der Waals surface area contributed by atoms with Gasteiger partial charge < -0.3 is 10.2 Å². The number of aliphatic hydroxyl groups is 2. The summed E-state index contributed by atoms with van der Waals surface area (Å²) in [5.41, 5.74) is -0.449. The highest BCUT2D eigenvalue weighted by Gasteiger charge is 2.38.